The van der Waals surface area contributed by atoms with E-state index in [1.807, 2.05) is 37.3 Å². The van der Waals surface area contributed by atoms with Crippen LogP contribution in [0.25, 0.3) is 11.3 Å². The minimum atomic E-state index is 0.771. The Balaban J connectivity index is 1.51. The zero-order valence-electron chi connectivity index (χ0n) is 13.7. The molecule has 0 spiro atoms. The van der Waals surface area contributed by atoms with E-state index in [4.69, 9.17) is 16.0 Å². The van der Waals surface area contributed by atoms with Crippen LogP contribution in [0.3, 0.4) is 0 Å². The first-order chi connectivity index (χ1) is 11.2. The van der Waals surface area contributed by atoms with Crippen LogP contribution < -0.4 is 5.32 Å². The molecule has 1 aliphatic carbocycles. The van der Waals surface area contributed by atoms with Crippen molar-refractivity contribution in [3.63, 3.8) is 0 Å². The Labute approximate surface area is 143 Å². The van der Waals surface area contributed by atoms with Gasteiger partial charge < -0.3 is 9.73 Å². The molecule has 3 heteroatoms. The van der Waals surface area contributed by atoms with Gasteiger partial charge in [0.05, 0.1) is 6.54 Å². The van der Waals surface area contributed by atoms with E-state index in [0.29, 0.717) is 0 Å². The Kier molecular flexibility index (Phi) is 5.58. The molecule has 2 nitrogen and oxygen atoms in total. The average molecular weight is 330 g/mol. The third-order valence-electron chi connectivity index (χ3n) is 4.43. The molecule has 0 fully saturated rings. The van der Waals surface area contributed by atoms with Crippen LogP contribution in [0, 0.1) is 6.92 Å². The van der Waals surface area contributed by atoms with Gasteiger partial charge in [-0.05, 0) is 69.3 Å². The van der Waals surface area contributed by atoms with Crippen molar-refractivity contribution in [2.24, 2.45) is 0 Å². The summed E-state index contributed by atoms with van der Waals surface area (Å²) < 4.78 is 5.92. The highest BCUT2D eigenvalue weighted by Gasteiger charge is 2.07. The molecule has 0 atom stereocenters. The molecule has 1 aromatic heterocycles. The molecule has 1 N–H and O–H groups in total. The first kappa shape index (κ1) is 16.4. The highest BCUT2D eigenvalue weighted by molar-refractivity contribution is 6.31. The van der Waals surface area contributed by atoms with Crippen LogP contribution in [0.15, 0.2) is 46.4 Å². The summed E-state index contributed by atoms with van der Waals surface area (Å²) in [6.45, 7) is 3.79. The fraction of sp³-hybridized carbons (Fsp3) is 0.400. The monoisotopic (exact) mass is 329 g/mol. The molecule has 0 radical (unpaired) electrons. The van der Waals surface area contributed by atoms with E-state index in [-0.39, 0.29) is 0 Å². The fourth-order valence-electron chi connectivity index (χ4n) is 2.97. The molecule has 0 saturated carbocycles. The van der Waals surface area contributed by atoms with Gasteiger partial charge in [0.25, 0.3) is 0 Å². The molecule has 0 unspecified atom stereocenters. The van der Waals surface area contributed by atoms with E-state index in [1.54, 1.807) is 5.57 Å². The largest absolute Gasteiger partial charge is 0.460 e. The van der Waals surface area contributed by atoms with Crippen LogP contribution >= 0.6 is 11.6 Å². The van der Waals surface area contributed by atoms with Crippen molar-refractivity contribution in [2.75, 3.05) is 6.54 Å². The molecule has 0 saturated heterocycles. The van der Waals surface area contributed by atoms with Gasteiger partial charge in [0.2, 0.25) is 0 Å². The summed E-state index contributed by atoms with van der Waals surface area (Å²) in [4.78, 5) is 0. The zero-order valence-corrected chi connectivity index (χ0v) is 14.5. The van der Waals surface area contributed by atoms with Crippen LogP contribution in [0.5, 0.6) is 0 Å². The number of halogens is 1. The van der Waals surface area contributed by atoms with E-state index in [1.165, 1.54) is 25.7 Å². The van der Waals surface area contributed by atoms with Gasteiger partial charge in [0.15, 0.2) is 0 Å². The maximum Gasteiger partial charge on any atom is 0.134 e. The summed E-state index contributed by atoms with van der Waals surface area (Å²) in [6, 6.07) is 10.1. The lowest BCUT2D eigenvalue weighted by Crippen LogP contribution is -2.15. The quantitative estimate of drug-likeness (QED) is 0.528. The third kappa shape index (κ3) is 4.49. The molecule has 0 amide bonds. The van der Waals surface area contributed by atoms with Crippen LogP contribution in [0.4, 0.5) is 0 Å². The number of rotatable bonds is 6. The van der Waals surface area contributed by atoms with Crippen LogP contribution in [-0.2, 0) is 6.54 Å². The standard InChI is InChI=1S/C20H24ClNO/c1-15-7-8-17(13-19(15)21)20-10-9-18(23-20)14-22-12-11-16-5-3-2-4-6-16/h5,7-10,13,22H,2-4,6,11-12,14H2,1H3. The Morgan fingerprint density at radius 1 is 1.17 bits per heavy atom. The molecule has 23 heavy (non-hydrogen) atoms. The van der Waals surface area contributed by atoms with E-state index >= 15 is 0 Å². The Bertz CT molecular complexity index is 687. The summed E-state index contributed by atoms with van der Waals surface area (Å²) in [5, 5.41) is 4.25. The number of furan rings is 1. The van der Waals surface area contributed by atoms with Crippen molar-refractivity contribution < 1.29 is 4.42 Å². The Hall–Kier alpha value is -1.51. The van der Waals surface area contributed by atoms with E-state index in [2.05, 4.69) is 11.4 Å². The lowest BCUT2D eigenvalue weighted by Gasteiger charge is -2.12. The van der Waals surface area contributed by atoms with Crippen LogP contribution in [-0.4, -0.2) is 6.54 Å². The summed E-state index contributed by atoms with van der Waals surface area (Å²) in [6.07, 6.45) is 8.82. The second-order valence-electron chi connectivity index (χ2n) is 6.26. The summed E-state index contributed by atoms with van der Waals surface area (Å²) in [5.74, 6) is 1.84. The van der Waals surface area contributed by atoms with Crippen molar-refractivity contribution in [2.45, 2.75) is 45.6 Å². The molecule has 3 rings (SSSR count). The SMILES string of the molecule is Cc1ccc(-c2ccc(CNCCC3=CCCCC3)o2)cc1Cl. The summed E-state index contributed by atoms with van der Waals surface area (Å²) in [5.41, 5.74) is 3.72. The molecule has 1 heterocycles. The van der Waals surface area contributed by atoms with E-state index in [9.17, 15) is 0 Å². The van der Waals surface area contributed by atoms with Gasteiger partial charge in [0.1, 0.15) is 11.5 Å². The summed E-state index contributed by atoms with van der Waals surface area (Å²) >= 11 is 6.19. The topological polar surface area (TPSA) is 25.2 Å². The first-order valence-corrected chi connectivity index (χ1v) is 8.84. The van der Waals surface area contributed by atoms with E-state index < -0.39 is 0 Å². The predicted molar refractivity (Wildman–Crippen MR) is 96.8 cm³/mol. The van der Waals surface area contributed by atoms with Crippen LogP contribution in [0.2, 0.25) is 5.02 Å². The molecular weight excluding hydrogens is 306 g/mol. The third-order valence-corrected chi connectivity index (χ3v) is 4.83. The normalized spacial score (nSPS) is 14.8. The van der Waals surface area contributed by atoms with Gasteiger partial charge in [-0.3, -0.25) is 0 Å². The maximum atomic E-state index is 6.19. The minimum absolute atomic E-state index is 0.771. The highest BCUT2D eigenvalue weighted by atomic mass is 35.5. The number of benzene rings is 1. The molecule has 0 bridgehead atoms. The van der Waals surface area contributed by atoms with Gasteiger partial charge >= 0.3 is 0 Å². The number of aryl methyl sites for hydroxylation is 1. The number of allylic oxidation sites excluding steroid dienone is 1. The van der Waals surface area contributed by atoms with Gasteiger partial charge in [-0.15, -0.1) is 0 Å². The van der Waals surface area contributed by atoms with Gasteiger partial charge in [0, 0.05) is 10.6 Å². The lowest BCUT2D eigenvalue weighted by molar-refractivity contribution is 0.493. The molecule has 122 valence electrons. The predicted octanol–water partition coefficient (Wildman–Crippen LogP) is 5.89. The van der Waals surface area contributed by atoms with Gasteiger partial charge in [-0.2, -0.15) is 0 Å². The number of hydrogen-bond acceptors (Lipinski definition) is 2. The molecule has 1 aliphatic rings. The van der Waals surface area contributed by atoms with Gasteiger partial charge in [-0.1, -0.05) is 35.4 Å². The zero-order chi connectivity index (χ0) is 16.1. The number of hydrogen-bond donors (Lipinski definition) is 1. The summed E-state index contributed by atoms with van der Waals surface area (Å²) in [7, 11) is 0. The first-order valence-electron chi connectivity index (χ1n) is 8.46. The second-order valence-corrected chi connectivity index (χ2v) is 6.67. The second kappa shape index (κ2) is 7.85. The van der Waals surface area contributed by atoms with Crippen molar-refractivity contribution in [1.29, 1.82) is 0 Å². The lowest BCUT2D eigenvalue weighted by atomic mass is 9.97. The fourth-order valence-corrected chi connectivity index (χ4v) is 3.15. The molecular formula is C20H24ClNO. The van der Waals surface area contributed by atoms with Gasteiger partial charge in [-0.25, -0.2) is 0 Å². The van der Waals surface area contributed by atoms with Crippen molar-refractivity contribution >= 4 is 11.6 Å². The highest BCUT2D eigenvalue weighted by Crippen LogP contribution is 2.27. The average Bonchev–Trinajstić information content (AvgIpc) is 3.04. The molecule has 1 aromatic carbocycles. The molecule has 0 aliphatic heterocycles. The smallest absolute Gasteiger partial charge is 0.134 e. The maximum absolute atomic E-state index is 6.19. The molecule has 2 aromatic rings. The van der Waals surface area contributed by atoms with Crippen molar-refractivity contribution in [3.05, 3.63) is 58.3 Å². The van der Waals surface area contributed by atoms with E-state index in [0.717, 1.165) is 47.2 Å². The van der Waals surface area contributed by atoms with Crippen LogP contribution in [0.1, 0.15) is 43.4 Å². The van der Waals surface area contributed by atoms with Crippen molar-refractivity contribution in [1.82, 2.24) is 5.32 Å². The number of nitrogens with one attached hydrogen (secondary N) is 1. The van der Waals surface area contributed by atoms with Crippen molar-refractivity contribution in [3.8, 4) is 11.3 Å². The minimum Gasteiger partial charge on any atom is -0.460 e. The Morgan fingerprint density at radius 3 is 2.87 bits per heavy atom. The Morgan fingerprint density at radius 2 is 2.09 bits per heavy atom.